The summed E-state index contributed by atoms with van der Waals surface area (Å²) in [6.07, 6.45) is 10.4. The topological polar surface area (TPSA) is 3.24 Å². The summed E-state index contributed by atoms with van der Waals surface area (Å²) < 4.78 is 0. The van der Waals surface area contributed by atoms with Crippen LogP contribution in [0.15, 0.2) is 0 Å². The van der Waals surface area contributed by atoms with Crippen molar-refractivity contribution in [3.63, 3.8) is 0 Å². The summed E-state index contributed by atoms with van der Waals surface area (Å²) in [6.45, 7) is 11.8. The van der Waals surface area contributed by atoms with Crippen LogP contribution in [0.4, 0.5) is 0 Å². The van der Waals surface area contributed by atoms with E-state index >= 15 is 0 Å². The third kappa shape index (κ3) is 2.03. The molecule has 0 aromatic heterocycles. The Balaban J connectivity index is 1.63. The highest BCUT2D eigenvalue weighted by Gasteiger charge is 2.55. The van der Waals surface area contributed by atoms with Crippen molar-refractivity contribution in [2.45, 2.75) is 65.7 Å². The van der Waals surface area contributed by atoms with Gasteiger partial charge in [0.15, 0.2) is 0 Å². The zero-order valence-corrected chi connectivity index (χ0v) is 12.7. The smallest absolute Gasteiger partial charge is 0.00408 e. The van der Waals surface area contributed by atoms with Gasteiger partial charge in [-0.15, -0.1) is 0 Å². The molecule has 1 heteroatoms. The van der Waals surface area contributed by atoms with Gasteiger partial charge in [-0.1, -0.05) is 40.0 Å². The van der Waals surface area contributed by atoms with Gasteiger partial charge in [-0.05, 0) is 48.3 Å². The van der Waals surface area contributed by atoms with E-state index in [9.17, 15) is 0 Å². The lowest BCUT2D eigenvalue weighted by atomic mass is 9.63. The lowest BCUT2D eigenvalue weighted by molar-refractivity contribution is -0.0250. The van der Waals surface area contributed by atoms with Crippen molar-refractivity contribution in [3.8, 4) is 0 Å². The molecule has 1 heterocycles. The highest BCUT2D eigenvalue weighted by Crippen LogP contribution is 2.59. The Morgan fingerprint density at radius 2 is 1.72 bits per heavy atom. The average Bonchev–Trinajstić information content (AvgIpc) is 2.50. The number of rotatable bonds is 2. The summed E-state index contributed by atoms with van der Waals surface area (Å²) in [7, 11) is 0. The SMILES string of the molecule is CC1(C)C2CC[C@@]1(C)CN(CC1CCCCC1)C2. The lowest BCUT2D eigenvalue weighted by Gasteiger charge is -2.51. The molecule has 0 N–H and O–H groups in total. The molecule has 1 unspecified atom stereocenters. The van der Waals surface area contributed by atoms with Crippen LogP contribution in [0.3, 0.4) is 0 Å². The van der Waals surface area contributed by atoms with Crippen molar-refractivity contribution in [2.24, 2.45) is 22.7 Å². The van der Waals surface area contributed by atoms with E-state index in [4.69, 9.17) is 0 Å². The Morgan fingerprint density at radius 1 is 1.00 bits per heavy atom. The van der Waals surface area contributed by atoms with Crippen LogP contribution in [-0.4, -0.2) is 24.5 Å². The van der Waals surface area contributed by atoms with E-state index < -0.39 is 0 Å². The van der Waals surface area contributed by atoms with Gasteiger partial charge in [0.2, 0.25) is 0 Å². The number of nitrogens with zero attached hydrogens (tertiary/aromatic N) is 1. The predicted molar refractivity (Wildman–Crippen MR) is 77.6 cm³/mol. The van der Waals surface area contributed by atoms with Gasteiger partial charge < -0.3 is 4.90 Å². The van der Waals surface area contributed by atoms with Gasteiger partial charge in [0.1, 0.15) is 0 Å². The molecular weight excluding hydrogens is 218 g/mol. The van der Waals surface area contributed by atoms with E-state index in [0.717, 1.165) is 11.8 Å². The Hall–Kier alpha value is -0.0400. The number of hydrogen-bond donors (Lipinski definition) is 0. The summed E-state index contributed by atoms with van der Waals surface area (Å²) in [5.74, 6) is 1.97. The van der Waals surface area contributed by atoms with Crippen LogP contribution in [-0.2, 0) is 0 Å². The quantitative estimate of drug-likeness (QED) is 0.704. The van der Waals surface area contributed by atoms with E-state index in [-0.39, 0.29) is 0 Å². The summed E-state index contributed by atoms with van der Waals surface area (Å²) in [6, 6.07) is 0. The second-order valence-electron chi connectivity index (χ2n) is 8.22. The van der Waals surface area contributed by atoms with Crippen molar-refractivity contribution in [1.29, 1.82) is 0 Å². The van der Waals surface area contributed by atoms with Crippen LogP contribution in [0, 0.1) is 22.7 Å². The Bertz CT molecular complexity index is 303. The van der Waals surface area contributed by atoms with Gasteiger partial charge in [-0.25, -0.2) is 0 Å². The fraction of sp³-hybridized carbons (Fsp3) is 1.00. The molecule has 1 aliphatic heterocycles. The molecule has 1 nitrogen and oxygen atoms in total. The minimum atomic E-state index is 0.579. The monoisotopic (exact) mass is 249 g/mol. The van der Waals surface area contributed by atoms with Crippen LogP contribution in [0.25, 0.3) is 0 Å². The first-order valence-corrected chi connectivity index (χ1v) is 8.24. The second kappa shape index (κ2) is 4.51. The largest absolute Gasteiger partial charge is 0.302 e. The van der Waals surface area contributed by atoms with Crippen molar-refractivity contribution in [1.82, 2.24) is 4.90 Å². The molecule has 2 aliphatic carbocycles. The lowest BCUT2D eigenvalue weighted by Crippen LogP contribution is -2.53. The molecule has 1 saturated heterocycles. The third-order valence-electron chi connectivity index (χ3n) is 6.91. The predicted octanol–water partition coefficient (Wildman–Crippen LogP) is 4.32. The van der Waals surface area contributed by atoms with Crippen molar-refractivity contribution >= 4 is 0 Å². The highest BCUT2D eigenvalue weighted by atomic mass is 15.2. The Morgan fingerprint density at radius 3 is 2.39 bits per heavy atom. The molecule has 3 aliphatic rings. The molecule has 104 valence electrons. The summed E-state index contributed by atoms with van der Waals surface area (Å²) in [4.78, 5) is 2.83. The van der Waals surface area contributed by atoms with Gasteiger partial charge in [0, 0.05) is 19.6 Å². The van der Waals surface area contributed by atoms with Crippen LogP contribution in [0.1, 0.15) is 65.7 Å². The number of likely N-dealkylation sites (tertiary alicyclic amines) is 1. The molecule has 0 radical (unpaired) electrons. The van der Waals surface area contributed by atoms with E-state index in [0.29, 0.717) is 10.8 Å². The third-order valence-corrected chi connectivity index (χ3v) is 6.91. The van der Waals surface area contributed by atoms with Crippen LogP contribution in [0.2, 0.25) is 0 Å². The normalized spacial score (nSPS) is 41.2. The van der Waals surface area contributed by atoms with E-state index in [2.05, 4.69) is 25.7 Å². The molecule has 0 amide bonds. The van der Waals surface area contributed by atoms with E-state index in [1.807, 2.05) is 0 Å². The van der Waals surface area contributed by atoms with Gasteiger partial charge >= 0.3 is 0 Å². The van der Waals surface area contributed by atoms with Crippen molar-refractivity contribution in [2.75, 3.05) is 19.6 Å². The van der Waals surface area contributed by atoms with Crippen molar-refractivity contribution in [3.05, 3.63) is 0 Å². The van der Waals surface area contributed by atoms with Crippen LogP contribution < -0.4 is 0 Å². The molecule has 2 atom stereocenters. The highest BCUT2D eigenvalue weighted by molar-refractivity contribution is 5.06. The summed E-state index contributed by atoms with van der Waals surface area (Å²) in [5.41, 5.74) is 1.17. The summed E-state index contributed by atoms with van der Waals surface area (Å²) >= 11 is 0. The van der Waals surface area contributed by atoms with Gasteiger partial charge in [0.05, 0.1) is 0 Å². The fourth-order valence-electron chi connectivity index (χ4n) is 5.01. The fourth-order valence-corrected chi connectivity index (χ4v) is 5.01. The molecule has 0 aromatic rings. The maximum Gasteiger partial charge on any atom is 0.00408 e. The molecule has 18 heavy (non-hydrogen) atoms. The molecule has 2 bridgehead atoms. The first-order chi connectivity index (χ1) is 8.51. The minimum absolute atomic E-state index is 0.579. The number of hydrogen-bond acceptors (Lipinski definition) is 1. The number of piperidine rings is 1. The van der Waals surface area contributed by atoms with Gasteiger partial charge in [-0.3, -0.25) is 0 Å². The standard InChI is InChI=1S/C17H31N/c1-16(2)15-9-10-17(16,3)13-18(12-15)11-14-7-5-4-6-8-14/h14-15H,4-13H2,1-3H3/t15?,17-/m0/s1. The molecular formula is C17H31N. The average molecular weight is 249 g/mol. The zero-order chi connectivity index (χ0) is 12.8. The number of fused-ring (bicyclic) bond motifs is 2. The van der Waals surface area contributed by atoms with E-state index in [1.165, 1.54) is 64.6 Å². The van der Waals surface area contributed by atoms with Gasteiger partial charge in [-0.2, -0.15) is 0 Å². The first-order valence-electron chi connectivity index (χ1n) is 8.24. The maximum absolute atomic E-state index is 2.83. The minimum Gasteiger partial charge on any atom is -0.302 e. The second-order valence-corrected chi connectivity index (χ2v) is 8.22. The van der Waals surface area contributed by atoms with Crippen LogP contribution >= 0.6 is 0 Å². The Labute approximate surface area is 113 Å². The molecule has 2 saturated carbocycles. The van der Waals surface area contributed by atoms with Gasteiger partial charge in [0.25, 0.3) is 0 Å². The van der Waals surface area contributed by atoms with E-state index in [1.54, 1.807) is 0 Å². The molecule has 0 aromatic carbocycles. The van der Waals surface area contributed by atoms with Crippen molar-refractivity contribution < 1.29 is 0 Å². The molecule has 0 spiro atoms. The zero-order valence-electron chi connectivity index (χ0n) is 12.7. The maximum atomic E-state index is 2.83. The Kier molecular flexibility index (Phi) is 3.25. The van der Waals surface area contributed by atoms with Crippen LogP contribution in [0.5, 0.6) is 0 Å². The molecule has 3 fully saturated rings. The summed E-state index contributed by atoms with van der Waals surface area (Å²) in [5, 5.41) is 0. The first kappa shape index (κ1) is 13.0. The molecule has 3 rings (SSSR count).